The standard InChI is InChI=1S/C22H23N5O5/c23-19-18-14(3-4-15(18)26-22(24)27-19)13-7-10-1-2-11(8-12(10)9-13)20(30)25-16(21(31)32)5-6-17(28)29/h1-2,8-9,14,16H,3-7H2,(H,25,30)(H,28,29)(H,31,32)(H4,23,24,26,27)/t14?,16-/m0/s1. The van der Waals surface area contributed by atoms with Crippen molar-refractivity contribution in [3.63, 3.8) is 0 Å². The molecule has 0 bridgehead atoms. The molecule has 0 radical (unpaired) electrons. The summed E-state index contributed by atoms with van der Waals surface area (Å²) >= 11 is 0. The molecule has 0 fully saturated rings. The normalized spacial score (nSPS) is 17.2. The highest BCUT2D eigenvalue weighted by Gasteiger charge is 2.32. The third kappa shape index (κ3) is 4.11. The Hall–Kier alpha value is -3.95. The number of carboxylic acids is 2. The number of aryl methyl sites for hydroxylation is 1. The molecule has 1 aromatic heterocycles. The summed E-state index contributed by atoms with van der Waals surface area (Å²) in [5.74, 6) is -2.31. The summed E-state index contributed by atoms with van der Waals surface area (Å²) in [6, 6.07) is 3.93. The highest BCUT2D eigenvalue weighted by Crippen LogP contribution is 2.44. The van der Waals surface area contributed by atoms with Crippen LogP contribution in [0.3, 0.4) is 0 Å². The number of aromatic nitrogens is 2. The van der Waals surface area contributed by atoms with E-state index in [-0.39, 0.29) is 24.7 Å². The second-order valence-corrected chi connectivity index (χ2v) is 8.02. The Morgan fingerprint density at radius 1 is 1.19 bits per heavy atom. The first-order valence-corrected chi connectivity index (χ1v) is 10.2. The fourth-order valence-corrected chi connectivity index (χ4v) is 4.41. The van der Waals surface area contributed by atoms with E-state index in [0.29, 0.717) is 17.8 Å². The minimum atomic E-state index is -1.27. The molecule has 0 aliphatic heterocycles. The molecule has 0 saturated heterocycles. The van der Waals surface area contributed by atoms with Crippen molar-refractivity contribution in [2.45, 2.75) is 44.1 Å². The Balaban J connectivity index is 1.53. The quantitative estimate of drug-likeness (QED) is 0.427. The number of carboxylic acid groups (broad SMARTS) is 2. The highest BCUT2D eigenvalue weighted by atomic mass is 16.4. The van der Waals surface area contributed by atoms with Gasteiger partial charge in [-0.2, -0.15) is 4.98 Å². The van der Waals surface area contributed by atoms with Crippen LogP contribution in [0.25, 0.3) is 6.08 Å². The van der Waals surface area contributed by atoms with Crippen LogP contribution in [0.5, 0.6) is 0 Å². The van der Waals surface area contributed by atoms with E-state index in [4.69, 9.17) is 16.6 Å². The molecule has 1 heterocycles. The number of allylic oxidation sites excluding steroid dienone is 1. The van der Waals surface area contributed by atoms with Crippen LogP contribution in [0.1, 0.15) is 57.9 Å². The molecule has 1 aromatic carbocycles. The smallest absolute Gasteiger partial charge is 0.326 e. The van der Waals surface area contributed by atoms with Crippen molar-refractivity contribution in [2.75, 3.05) is 11.5 Å². The Morgan fingerprint density at radius 3 is 2.69 bits per heavy atom. The average Bonchev–Trinajstić information content (AvgIpc) is 3.33. The van der Waals surface area contributed by atoms with Crippen molar-refractivity contribution in [1.29, 1.82) is 0 Å². The zero-order chi connectivity index (χ0) is 23.0. The fraction of sp³-hybridized carbons (Fsp3) is 0.318. The van der Waals surface area contributed by atoms with Crippen LogP contribution < -0.4 is 16.8 Å². The summed E-state index contributed by atoms with van der Waals surface area (Å²) in [7, 11) is 0. The van der Waals surface area contributed by atoms with Gasteiger partial charge in [-0.1, -0.05) is 17.7 Å². The third-order valence-corrected chi connectivity index (χ3v) is 5.93. The summed E-state index contributed by atoms with van der Waals surface area (Å²) in [5, 5.41) is 20.4. The first kappa shape index (κ1) is 21.3. The SMILES string of the molecule is Nc1nc(N)c2c(n1)CCC2C1=Cc2cc(C(=O)N[C@@H](CCC(=O)O)C(=O)O)ccc2C1. The molecule has 2 atom stereocenters. The van der Waals surface area contributed by atoms with Gasteiger partial charge in [-0.05, 0) is 48.9 Å². The van der Waals surface area contributed by atoms with Crippen LogP contribution in [0.4, 0.5) is 11.8 Å². The Bertz CT molecular complexity index is 1160. The number of nitrogens with zero attached hydrogens (tertiary/aromatic N) is 2. The van der Waals surface area contributed by atoms with Crippen LogP contribution in [-0.2, 0) is 22.4 Å². The maximum absolute atomic E-state index is 12.6. The van der Waals surface area contributed by atoms with E-state index in [0.717, 1.165) is 40.8 Å². The van der Waals surface area contributed by atoms with Gasteiger partial charge in [0.25, 0.3) is 5.91 Å². The zero-order valence-corrected chi connectivity index (χ0v) is 17.2. The monoisotopic (exact) mass is 437 g/mol. The van der Waals surface area contributed by atoms with Crippen molar-refractivity contribution < 1.29 is 24.6 Å². The lowest BCUT2D eigenvalue weighted by Crippen LogP contribution is -2.41. The molecule has 32 heavy (non-hydrogen) atoms. The number of aliphatic carboxylic acids is 2. The molecule has 10 heteroatoms. The van der Waals surface area contributed by atoms with E-state index >= 15 is 0 Å². The summed E-state index contributed by atoms with van der Waals surface area (Å²) in [6.07, 6.45) is 3.82. The highest BCUT2D eigenvalue weighted by molar-refractivity contribution is 5.97. The van der Waals surface area contributed by atoms with Crippen LogP contribution in [0.15, 0.2) is 23.8 Å². The summed E-state index contributed by atoms with van der Waals surface area (Å²) in [5.41, 5.74) is 17.0. The Labute approximate surface area is 183 Å². The number of hydrogen-bond acceptors (Lipinski definition) is 7. The van der Waals surface area contributed by atoms with Crippen LogP contribution >= 0.6 is 0 Å². The van der Waals surface area contributed by atoms with Crippen molar-refractivity contribution in [3.05, 3.63) is 51.7 Å². The second-order valence-electron chi connectivity index (χ2n) is 8.02. The molecule has 1 unspecified atom stereocenters. The van der Waals surface area contributed by atoms with Gasteiger partial charge in [-0.3, -0.25) is 9.59 Å². The molecule has 10 nitrogen and oxygen atoms in total. The molecule has 0 spiro atoms. The number of nitrogens with one attached hydrogen (secondary N) is 1. The van der Waals surface area contributed by atoms with Crippen molar-refractivity contribution >= 4 is 35.7 Å². The van der Waals surface area contributed by atoms with Gasteiger partial charge >= 0.3 is 11.9 Å². The molecular formula is C22H23N5O5. The second kappa shape index (κ2) is 8.29. The number of carbonyl (C=O) groups excluding carboxylic acids is 1. The number of rotatable bonds is 7. The van der Waals surface area contributed by atoms with Gasteiger partial charge in [0.15, 0.2) is 0 Å². The van der Waals surface area contributed by atoms with E-state index in [1.807, 2.05) is 12.1 Å². The minimum Gasteiger partial charge on any atom is -0.481 e. The lowest BCUT2D eigenvalue weighted by molar-refractivity contribution is -0.140. The topological polar surface area (TPSA) is 182 Å². The minimum absolute atomic E-state index is 0.0858. The van der Waals surface area contributed by atoms with E-state index in [1.165, 1.54) is 0 Å². The fourth-order valence-electron chi connectivity index (χ4n) is 4.41. The third-order valence-electron chi connectivity index (χ3n) is 5.93. The number of carbonyl (C=O) groups is 3. The van der Waals surface area contributed by atoms with Gasteiger partial charge in [0.05, 0.1) is 5.69 Å². The largest absolute Gasteiger partial charge is 0.481 e. The summed E-state index contributed by atoms with van der Waals surface area (Å²) in [4.78, 5) is 43.1. The molecule has 2 aromatic rings. The maximum Gasteiger partial charge on any atom is 0.326 e. The lowest BCUT2D eigenvalue weighted by Gasteiger charge is -2.14. The van der Waals surface area contributed by atoms with Gasteiger partial charge in [-0.15, -0.1) is 0 Å². The van der Waals surface area contributed by atoms with Crippen LogP contribution in [0.2, 0.25) is 0 Å². The van der Waals surface area contributed by atoms with Crippen molar-refractivity contribution in [1.82, 2.24) is 15.3 Å². The molecular weight excluding hydrogens is 414 g/mol. The summed E-state index contributed by atoms with van der Waals surface area (Å²) in [6.45, 7) is 0. The molecule has 7 N–H and O–H groups in total. The van der Waals surface area contributed by atoms with Crippen LogP contribution in [0, 0.1) is 0 Å². The average molecular weight is 437 g/mol. The van der Waals surface area contributed by atoms with Crippen LogP contribution in [-0.4, -0.2) is 44.1 Å². The van der Waals surface area contributed by atoms with Gasteiger partial charge in [0.1, 0.15) is 11.9 Å². The number of nitrogens with two attached hydrogens (primary N) is 2. The molecule has 0 saturated carbocycles. The first-order valence-electron chi connectivity index (χ1n) is 10.2. The van der Waals surface area contributed by atoms with E-state index in [1.54, 1.807) is 12.1 Å². The predicted octanol–water partition coefficient (Wildman–Crippen LogP) is 1.36. The molecule has 2 aliphatic carbocycles. The molecule has 4 rings (SSSR count). The number of nitrogen functional groups attached to an aromatic ring is 2. The van der Waals surface area contributed by atoms with Gasteiger partial charge < -0.3 is 27.0 Å². The number of anilines is 2. The molecule has 1 amide bonds. The van der Waals surface area contributed by atoms with Crippen molar-refractivity contribution in [3.8, 4) is 0 Å². The number of fused-ring (bicyclic) bond motifs is 2. The number of benzene rings is 1. The molecule has 2 aliphatic rings. The molecule has 166 valence electrons. The van der Waals surface area contributed by atoms with E-state index in [9.17, 15) is 19.5 Å². The summed E-state index contributed by atoms with van der Waals surface area (Å²) < 4.78 is 0. The lowest BCUT2D eigenvalue weighted by atomic mass is 9.92. The maximum atomic E-state index is 12.6. The van der Waals surface area contributed by atoms with E-state index < -0.39 is 23.9 Å². The zero-order valence-electron chi connectivity index (χ0n) is 17.2. The number of hydrogen-bond donors (Lipinski definition) is 5. The first-order chi connectivity index (χ1) is 15.2. The van der Waals surface area contributed by atoms with Gasteiger partial charge in [-0.25, -0.2) is 9.78 Å². The predicted molar refractivity (Wildman–Crippen MR) is 116 cm³/mol. The van der Waals surface area contributed by atoms with Gasteiger partial charge in [0, 0.05) is 23.5 Å². The van der Waals surface area contributed by atoms with Gasteiger partial charge in [0.2, 0.25) is 5.95 Å². The Morgan fingerprint density at radius 2 is 1.97 bits per heavy atom. The van der Waals surface area contributed by atoms with E-state index in [2.05, 4.69) is 15.3 Å². The number of amides is 1. The van der Waals surface area contributed by atoms with Crippen molar-refractivity contribution in [2.24, 2.45) is 0 Å². The Kier molecular flexibility index (Phi) is 5.52.